The van der Waals surface area contributed by atoms with Crippen LogP contribution >= 0.6 is 0 Å². The van der Waals surface area contributed by atoms with Crippen molar-refractivity contribution in [3.8, 4) is 5.75 Å². The summed E-state index contributed by atoms with van der Waals surface area (Å²) in [6.45, 7) is 4.23. The lowest BCUT2D eigenvalue weighted by atomic mass is 9.85. The zero-order valence-electron chi connectivity index (χ0n) is 11.5. The maximum atomic E-state index is 10.7. The van der Waals surface area contributed by atoms with Crippen LogP contribution in [0.2, 0.25) is 0 Å². The average molecular weight is 248 g/mol. The second kappa shape index (κ2) is 5.75. The molecule has 18 heavy (non-hydrogen) atoms. The topological polar surface area (TPSA) is 29.5 Å². The molecule has 100 valence electrons. The predicted molar refractivity (Wildman–Crippen MR) is 73.8 cm³/mol. The number of hydrogen-bond acceptors (Lipinski definition) is 2. The molecule has 0 unspecified atom stereocenters. The van der Waals surface area contributed by atoms with Crippen LogP contribution < -0.4 is 4.74 Å². The first kappa shape index (κ1) is 13.4. The third kappa shape index (κ3) is 3.26. The third-order valence-electron chi connectivity index (χ3n) is 3.55. The highest BCUT2D eigenvalue weighted by Gasteiger charge is 2.27. The van der Waals surface area contributed by atoms with E-state index < -0.39 is 5.60 Å². The Labute approximate surface area is 110 Å². The number of ether oxygens (including phenoxy) is 1. The Morgan fingerprint density at radius 3 is 2.11 bits per heavy atom. The van der Waals surface area contributed by atoms with Gasteiger partial charge in [0.1, 0.15) is 5.75 Å². The quantitative estimate of drug-likeness (QED) is 0.790. The zero-order valence-corrected chi connectivity index (χ0v) is 11.5. The fraction of sp³-hybridized carbons (Fsp3) is 0.625. The Morgan fingerprint density at radius 1 is 1.11 bits per heavy atom. The van der Waals surface area contributed by atoms with Crippen molar-refractivity contribution in [2.75, 3.05) is 0 Å². The summed E-state index contributed by atoms with van der Waals surface area (Å²) in [5.41, 5.74) is 0.357. The van der Waals surface area contributed by atoms with Crippen LogP contribution in [0.3, 0.4) is 0 Å². The van der Waals surface area contributed by atoms with Crippen LogP contribution in [0.5, 0.6) is 5.75 Å². The minimum absolute atomic E-state index is 0.431. The molecule has 1 aliphatic rings. The van der Waals surface area contributed by atoms with E-state index in [2.05, 4.69) is 13.8 Å². The van der Waals surface area contributed by atoms with Crippen molar-refractivity contribution in [3.63, 3.8) is 0 Å². The van der Waals surface area contributed by atoms with Gasteiger partial charge in [0.2, 0.25) is 0 Å². The predicted octanol–water partition coefficient (Wildman–Crippen LogP) is 4.02. The summed E-state index contributed by atoms with van der Waals surface area (Å²) in [6, 6.07) is 8.01. The van der Waals surface area contributed by atoms with Gasteiger partial charge in [0.15, 0.2) is 0 Å². The SMILES string of the molecule is CCCC(O)(CCC)c1ccc(OC2CC2)cc1. The van der Waals surface area contributed by atoms with Crippen molar-refractivity contribution in [1.29, 1.82) is 0 Å². The Kier molecular flexibility index (Phi) is 4.28. The largest absolute Gasteiger partial charge is 0.490 e. The first-order valence-corrected chi connectivity index (χ1v) is 7.17. The second-order valence-corrected chi connectivity index (χ2v) is 5.37. The van der Waals surface area contributed by atoms with Crippen molar-refractivity contribution in [3.05, 3.63) is 29.8 Å². The molecule has 0 heterocycles. The van der Waals surface area contributed by atoms with Gasteiger partial charge in [-0.05, 0) is 43.4 Å². The van der Waals surface area contributed by atoms with E-state index in [1.54, 1.807) is 0 Å². The van der Waals surface area contributed by atoms with Gasteiger partial charge in [-0.25, -0.2) is 0 Å². The summed E-state index contributed by atoms with van der Waals surface area (Å²) >= 11 is 0. The van der Waals surface area contributed by atoms with Crippen LogP contribution in [0.25, 0.3) is 0 Å². The lowest BCUT2D eigenvalue weighted by molar-refractivity contribution is 0.0169. The van der Waals surface area contributed by atoms with Gasteiger partial charge in [-0.1, -0.05) is 38.8 Å². The molecule has 1 fully saturated rings. The Morgan fingerprint density at radius 2 is 1.67 bits per heavy atom. The molecule has 0 atom stereocenters. The number of rotatable bonds is 7. The molecule has 0 amide bonds. The summed E-state index contributed by atoms with van der Waals surface area (Å²) in [6.07, 6.45) is 6.43. The van der Waals surface area contributed by atoms with E-state index in [1.807, 2.05) is 24.3 Å². The van der Waals surface area contributed by atoms with Crippen LogP contribution in [-0.4, -0.2) is 11.2 Å². The van der Waals surface area contributed by atoms with Gasteiger partial charge in [-0.3, -0.25) is 0 Å². The van der Waals surface area contributed by atoms with Gasteiger partial charge < -0.3 is 9.84 Å². The monoisotopic (exact) mass is 248 g/mol. The number of hydrogen-bond donors (Lipinski definition) is 1. The minimum atomic E-state index is -0.665. The maximum absolute atomic E-state index is 10.7. The molecule has 0 aliphatic heterocycles. The van der Waals surface area contributed by atoms with Gasteiger partial charge in [-0.2, -0.15) is 0 Å². The minimum Gasteiger partial charge on any atom is -0.490 e. The van der Waals surface area contributed by atoms with E-state index in [4.69, 9.17) is 4.74 Å². The van der Waals surface area contributed by atoms with Crippen LogP contribution in [0.15, 0.2) is 24.3 Å². The molecule has 1 aromatic rings. The van der Waals surface area contributed by atoms with Crippen LogP contribution in [0.4, 0.5) is 0 Å². The number of benzene rings is 1. The normalized spacial score (nSPS) is 15.7. The summed E-state index contributed by atoms with van der Waals surface area (Å²) < 4.78 is 5.73. The fourth-order valence-electron chi connectivity index (χ4n) is 2.46. The molecule has 0 aromatic heterocycles. The summed E-state index contributed by atoms with van der Waals surface area (Å²) in [4.78, 5) is 0. The zero-order chi connectivity index (χ0) is 13.0. The van der Waals surface area contributed by atoms with E-state index in [9.17, 15) is 5.11 Å². The summed E-state index contributed by atoms with van der Waals surface area (Å²) in [7, 11) is 0. The molecule has 2 heteroatoms. The molecule has 0 saturated heterocycles. The highest BCUT2D eigenvalue weighted by atomic mass is 16.5. The maximum Gasteiger partial charge on any atom is 0.119 e. The van der Waals surface area contributed by atoms with Crippen LogP contribution in [-0.2, 0) is 5.60 Å². The molecular weight excluding hydrogens is 224 g/mol. The molecule has 1 aliphatic carbocycles. The Hall–Kier alpha value is -1.02. The second-order valence-electron chi connectivity index (χ2n) is 5.37. The molecule has 2 rings (SSSR count). The molecular formula is C16H24O2. The highest BCUT2D eigenvalue weighted by molar-refractivity contribution is 5.31. The molecule has 0 radical (unpaired) electrons. The van der Waals surface area contributed by atoms with Crippen molar-refractivity contribution >= 4 is 0 Å². The van der Waals surface area contributed by atoms with Crippen LogP contribution in [0.1, 0.15) is 57.9 Å². The molecule has 1 aromatic carbocycles. The van der Waals surface area contributed by atoms with E-state index in [1.165, 1.54) is 12.8 Å². The highest BCUT2D eigenvalue weighted by Crippen LogP contribution is 2.33. The molecule has 1 saturated carbocycles. The smallest absolute Gasteiger partial charge is 0.119 e. The first-order chi connectivity index (χ1) is 8.68. The molecule has 0 spiro atoms. The lowest BCUT2D eigenvalue weighted by Gasteiger charge is -2.28. The van der Waals surface area contributed by atoms with Gasteiger partial charge in [0, 0.05) is 0 Å². The molecule has 2 nitrogen and oxygen atoms in total. The van der Waals surface area contributed by atoms with Gasteiger partial charge >= 0.3 is 0 Å². The van der Waals surface area contributed by atoms with Gasteiger partial charge in [0.05, 0.1) is 11.7 Å². The van der Waals surface area contributed by atoms with E-state index in [0.29, 0.717) is 6.10 Å². The van der Waals surface area contributed by atoms with Gasteiger partial charge in [-0.15, -0.1) is 0 Å². The Bertz CT molecular complexity index is 359. The molecule has 0 bridgehead atoms. The van der Waals surface area contributed by atoms with Crippen molar-refractivity contribution in [2.24, 2.45) is 0 Å². The average Bonchev–Trinajstić information content (AvgIpc) is 3.14. The Balaban J connectivity index is 2.09. The van der Waals surface area contributed by atoms with E-state index >= 15 is 0 Å². The molecule has 1 N–H and O–H groups in total. The van der Waals surface area contributed by atoms with Crippen molar-refractivity contribution in [2.45, 2.75) is 64.1 Å². The van der Waals surface area contributed by atoms with Crippen molar-refractivity contribution in [1.82, 2.24) is 0 Å². The van der Waals surface area contributed by atoms with E-state index in [0.717, 1.165) is 37.0 Å². The summed E-state index contributed by atoms with van der Waals surface area (Å²) in [5.74, 6) is 0.927. The fourth-order valence-corrected chi connectivity index (χ4v) is 2.46. The van der Waals surface area contributed by atoms with E-state index in [-0.39, 0.29) is 0 Å². The van der Waals surface area contributed by atoms with Crippen LogP contribution in [0, 0.1) is 0 Å². The third-order valence-corrected chi connectivity index (χ3v) is 3.55. The summed E-state index contributed by atoms with van der Waals surface area (Å²) in [5, 5.41) is 10.7. The standard InChI is InChI=1S/C16H24O2/c1-3-11-16(17,12-4-2)13-5-7-14(8-6-13)18-15-9-10-15/h5-8,15,17H,3-4,9-12H2,1-2H3. The first-order valence-electron chi connectivity index (χ1n) is 7.17. The van der Waals surface area contributed by atoms with Crippen molar-refractivity contribution < 1.29 is 9.84 Å². The lowest BCUT2D eigenvalue weighted by Crippen LogP contribution is -2.25. The number of aliphatic hydroxyl groups is 1. The van der Waals surface area contributed by atoms with Gasteiger partial charge in [0.25, 0.3) is 0 Å².